The van der Waals surface area contributed by atoms with Crippen LogP contribution < -0.4 is 0 Å². The number of rotatable bonds is 3. The summed E-state index contributed by atoms with van der Waals surface area (Å²) < 4.78 is 24.5. The van der Waals surface area contributed by atoms with Gasteiger partial charge in [0.05, 0.1) is 5.25 Å². The molecule has 1 saturated heterocycles. The molecule has 0 radical (unpaired) electrons. The summed E-state index contributed by atoms with van der Waals surface area (Å²) in [6.45, 7) is 3.45. The van der Waals surface area contributed by atoms with Crippen molar-refractivity contribution >= 4 is 16.0 Å². The maximum Gasteiger partial charge on any atom is 0.322 e. The predicted molar refractivity (Wildman–Crippen MR) is 51.4 cm³/mol. The highest BCUT2D eigenvalue weighted by atomic mass is 32.2. The molecule has 1 atom stereocenters. The maximum atomic E-state index is 11.7. The summed E-state index contributed by atoms with van der Waals surface area (Å²) in [5.41, 5.74) is 0. The lowest BCUT2D eigenvalue weighted by atomic mass is 10.2. The van der Waals surface area contributed by atoms with Crippen LogP contribution in [0.4, 0.5) is 0 Å². The number of sulfonamides is 1. The highest BCUT2D eigenvalue weighted by molar-refractivity contribution is 7.89. The van der Waals surface area contributed by atoms with Gasteiger partial charge < -0.3 is 5.11 Å². The minimum absolute atomic E-state index is 0.331. The lowest BCUT2D eigenvalue weighted by Crippen LogP contribution is -2.43. The quantitative estimate of drug-likeness (QED) is 0.742. The second-order valence-corrected chi connectivity index (χ2v) is 6.14. The first-order valence-corrected chi connectivity index (χ1v) is 6.11. The van der Waals surface area contributed by atoms with Crippen LogP contribution in [0.15, 0.2) is 0 Å². The van der Waals surface area contributed by atoms with Crippen LogP contribution in [0.3, 0.4) is 0 Å². The van der Waals surface area contributed by atoms with Gasteiger partial charge in [0, 0.05) is 6.54 Å². The van der Waals surface area contributed by atoms with E-state index < -0.39 is 27.3 Å². The molecular formula is C8H15NO4S. The van der Waals surface area contributed by atoms with Crippen LogP contribution in [0.25, 0.3) is 0 Å². The molecule has 0 amide bonds. The predicted octanol–water partition coefficient (Wildman–Crippen LogP) is 0.274. The number of carbonyl (C=O) groups is 1. The zero-order valence-corrected chi connectivity index (χ0v) is 9.12. The summed E-state index contributed by atoms with van der Waals surface area (Å²) in [5, 5.41) is 8.27. The molecule has 1 N–H and O–H groups in total. The van der Waals surface area contributed by atoms with Crippen LogP contribution >= 0.6 is 0 Å². The number of hydrogen-bond donors (Lipinski definition) is 1. The lowest BCUT2D eigenvalue weighted by Gasteiger charge is -2.22. The molecule has 0 unspecified atom stereocenters. The summed E-state index contributed by atoms with van der Waals surface area (Å²) in [6.07, 6.45) is 1.05. The van der Waals surface area contributed by atoms with Crippen molar-refractivity contribution in [3.63, 3.8) is 0 Å². The Morgan fingerprint density at radius 2 is 2.07 bits per heavy atom. The van der Waals surface area contributed by atoms with Gasteiger partial charge in [-0.2, -0.15) is 4.31 Å². The Labute approximate surface area is 83.8 Å². The highest BCUT2D eigenvalue weighted by Crippen LogP contribution is 2.23. The van der Waals surface area contributed by atoms with Crippen molar-refractivity contribution in [2.75, 3.05) is 6.54 Å². The lowest BCUT2D eigenvalue weighted by molar-refractivity contribution is -0.140. The van der Waals surface area contributed by atoms with Gasteiger partial charge in [-0.05, 0) is 26.7 Å². The van der Waals surface area contributed by atoms with Crippen molar-refractivity contribution in [2.24, 2.45) is 0 Å². The normalized spacial score (nSPS) is 24.4. The number of hydrogen-bond acceptors (Lipinski definition) is 3. The van der Waals surface area contributed by atoms with Crippen LogP contribution in [0, 0.1) is 0 Å². The van der Waals surface area contributed by atoms with E-state index in [9.17, 15) is 13.2 Å². The van der Waals surface area contributed by atoms with E-state index in [1.165, 1.54) is 0 Å². The fourth-order valence-corrected chi connectivity index (χ4v) is 3.04. The Bertz CT molecular complexity index is 322. The first-order valence-electron chi connectivity index (χ1n) is 4.61. The second kappa shape index (κ2) is 3.86. The van der Waals surface area contributed by atoms with Gasteiger partial charge in [0.25, 0.3) is 0 Å². The molecule has 0 bridgehead atoms. The van der Waals surface area contributed by atoms with Crippen LogP contribution in [0.5, 0.6) is 0 Å². The van der Waals surface area contributed by atoms with Crippen LogP contribution in [0.1, 0.15) is 26.7 Å². The van der Waals surface area contributed by atoms with Crippen LogP contribution in [-0.2, 0) is 14.8 Å². The van der Waals surface area contributed by atoms with Crippen molar-refractivity contribution in [3.05, 3.63) is 0 Å². The van der Waals surface area contributed by atoms with E-state index in [1.807, 2.05) is 0 Å². The summed E-state index contributed by atoms with van der Waals surface area (Å²) in [7, 11) is -3.42. The molecule has 1 rings (SSSR count). The molecule has 6 heteroatoms. The average molecular weight is 221 g/mol. The minimum atomic E-state index is -3.42. The van der Waals surface area contributed by atoms with Gasteiger partial charge in [-0.15, -0.1) is 0 Å². The van der Waals surface area contributed by atoms with Gasteiger partial charge in [0.1, 0.15) is 6.04 Å². The molecule has 0 aromatic carbocycles. The van der Waals surface area contributed by atoms with Crippen molar-refractivity contribution in [1.82, 2.24) is 4.31 Å². The Kier molecular flexibility index (Phi) is 3.16. The zero-order chi connectivity index (χ0) is 10.9. The second-order valence-electron chi connectivity index (χ2n) is 3.70. The topological polar surface area (TPSA) is 74.7 Å². The molecule has 0 spiro atoms. The van der Waals surface area contributed by atoms with E-state index >= 15 is 0 Å². The molecule has 82 valence electrons. The molecule has 0 saturated carbocycles. The van der Waals surface area contributed by atoms with Gasteiger partial charge in [-0.25, -0.2) is 8.42 Å². The van der Waals surface area contributed by atoms with E-state index in [1.54, 1.807) is 13.8 Å². The fourth-order valence-electron chi connectivity index (χ4n) is 1.56. The standard InChI is InChI=1S/C8H15NO4S/c1-6(2)14(12,13)9-5-3-4-7(9)8(10)11/h6-7H,3-5H2,1-2H3,(H,10,11)/t7-/m1/s1. The molecule has 0 aromatic heterocycles. The molecule has 1 aliphatic heterocycles. The number of carboxylic acids is 1. The van der Waals surface area contributed by atoms with E-state index in [-0.39, 0.29) is 0 Å². The smallest absolute Gasteiger partial charge is 0.322 e. The van der Waals surface area contributed by atoms with E-state index in [0.29, 0.717) is 19.4 Å². The third kappa shape index (κ3) is 1.90. The monoisotopic (exact) mass is 221 g/mol. The Morgan fingerprint density at radius 1 is 1.50 bits per heavy atom. The molecule has 1 fully saturated rings. The number of carboxylic acid groups (broad SMARTS) is 1. The van der Waals surface area contributed by atoms with Crippen molar-refractivity contribution in [3.8, 4) is 0 Å². The first-order chi connectivity index (χ1) is 6.37. The molecule has 0 aromatic rings. The summed E-state index contributed by atoms with van der Waals surface area (Å²) in [6, 6.07) is -0.859. The zero-order valence-electron chi connectivity index (χ0n) is 8.30. The molecule has 1 heterocycles. The van der Waals surface area contributed by atoms with Crippen LogP contribution in [-0.4, -0.2) is 41.6 Å². The average Bonchev–Trinajstić information content (AvgIpc) is 2.51. The van der Waals surface area contributed by atoms with Gasteiger partial charge >= 0.3 is 5.97 Å². The fraction of sp³-hybridized carbons (Fsp3) is 0.875. The minimum Gasteiger partial charge on any atom is -0.480 e. The van der Waals surface area contributed by atoms with Gasteiger partial charge in [-0.3, -0.25) is 4.79 Å². The Morgan fingerprint density at radius 3 is 2.50 bits per heavy atom. The van der Waals surface area contributed by atoms with Gasteiger partial charge in [0.2, 0.25) is 10.0 Å². The Balaban J connectivity index is 2.93. The number of nitrogens with zero attached hydrogens (tertiary/aromatic N) is 1. The van der Waals surface area contributed by atoms with Crippen molar-refractivity contribution in [1.29, 1.82) is 0 Å². The van der Waals surface area contributed by atoms with E-state index in [0.717, 1.165) is 4.31 Å². The molecule has 5 nitrogen and oxygen atoms in total. The Hall–Kier alpha value is -0.620. The maximum absolute atomic E-state index is 11.7. The van der Waals surface area contributed by atoms with Crippen molar-refractivity contribution in [2.45, 2.75) is 38.0 Å². The van der Waals surface area contributed by atoms with Crippen molar-refractivity contribution < 1.29 is 18.3 Å². The summed E-state index contributed by atoms with van der Waals surface area (Å²) in [4.78, 5) is 10.8. The third-order valence-electron chi connectivity index (χ3n) is 2.41. The van der Waals surface area contributed by atoms with E-state index in [4.69, 9.17) is 5.11 Å². The third-order valence-corrected chi connectivity index (χ3v) is 4.69. The summed E-state index contributed by atoms with van der Waals surface area (Å²) in [5.74, 6) is -1.05. The molecule has 14 heavy (non-hydrogen) atoms. The SMILES string of the molecule is CC(C)S(=O)(=O)N1CCC[C@@H]1C(=O)O. The summed E-state index contributed by atoms with van der Waals surface area (Å²) >= 11 is 0. The first kappa shape index (κ1) is 11.5. The molecular weight excluding hydrogens is 206 g/mol. The largest absolute Gasteiger partial charge is 0.480 e. The number of aliphatic carboxylic acids is 1. The molecule has 0 aliphatic carbocycles. The van der Waals surface area contributed by atoms with Crippen LogP contribution in [0.2, 0.25) is 0 Å². The van der Waals surface area contributed by atoms with Gasteiger partial charge in [-0.1, -0.05) is 0 Å². The van der Waals surface area contributed by atoms with E-state index in [2.05, 4.69) is 0 Å². The highest BCUT2D eigenvalue weighted by Gasteiger charge is 2.39. The van der Waals surface area contributed by atoms with Gasteiger partial charge in [0.15, 0.2) is 0 Å². The molecule has 1 aliphatic rings.